The van der Waals surface area contributed by atoms with Gasteiger partial charge in [-0.1, -0.05) is 15.9 Å². The second-order valence-corrected chi connectivity index (χ2v) is 5.53. The monoisotopic (exact) mass is 368 g/mol. The summed E-state index contributed by atoms with van der Waals surface area (Å²) in [6.45, 7) is 1.54. The lowest BCUT2D eigenvalue weighted by Gasteiger charge is -2.08. The number of rotatable bonds is 3. The molecular formula is C14H10Br2O2. The molecule has 0 radical (unpaired) electrons. The molecule has 0 unspecified atom stereocenters. The van der Waals surface area contributed by atoms with Crippen molar-refractivity contribution in [3.8, 4) is 11.5 Å². The number of ether oxygens (including phenoxy) is 1. The van der Waals surface area contributed by atoms with Crippen LogP contribution in [0.5, 0.6) is 11.5 Å². The lowest BCUT2D eigenvalue weighted by atomic mass is 10.1. The predicted molar refractivity (Wildman–Crippen MR) is 78.4 cm³/mol. The number of carbonyl (C=O) groups is 1. The summed E-state index contributed by atoms with van der Waals surface area (Å²) in [7, 11) is 0. The number of halogens is 2. The third kappa shape index (κ3) is 3.21. The van der Waals surface area contributed by atoms with E-state index in [4.69, 9.17) is 4.74 Å². The Morgan fingerprint density at radius 3 is 2.28 bits per heavy atom. The smallest absolute Gasteiger partial charge is 0.159 e. The first-order chi connectivity index (χ1) is 8.56. The fraction of sp³-hybridized carbons (Fsp3) is 0.0714. The molecule has 2 aromatic rings. The second kappa shape index (κ2) is 5.67. The zero-order valence-corrected chi connectivity index (χ0v) is 12.8. The van der Waals surface area contributed by atoms with E-state index in [0.29, 0.717) is 11.3 Å². The van der Waals surface area contributed by atoms with Crippen LogP contribution in [0.3, 0.4) is 0 Å². The van der Waals surface area contributed by atoms with E-state index in [2.05, 4.69) is 31.9 Å². The maximum atomic E-state index is 11.2. The van der Waals surface area contributed by atoms with Crippen molar-refractivity contribution in [2.45, 2.75) is 6.92 Å². The molecule has 18 heavy (non-hydrogen) atoms. The van der Waals surface area contributed by atoms with E-state index < -0.39 is 0 Å². The van der Waals surface area contributed by atoms with Crippen LogP contribution in [0.1, 0.15) is 17.3 Å². The van der Waals surface area contributed by atoms with Gasteiger partial charge in [-0.05, 0) is 65.3 Å². The number of hydrogen-bond donors (Lipinski definition) is 0. The normalized spacial score (nSPS) is 10.2. The van der Waals surface area contributed by atoms with Crippen LogP contribution in [0.15, 0.2) is 51.4 Å². The Hall–Kier alpha value is -1.13. The summed E-state index contributed by atoms with van der Waals surface area (Å²) in [5.41, 5.74) is 0.657. The first-order valence-corrected chi connectivity index (χ1v) is 6.89. The summed E-state index contributed by atoms with van der Waals surface area (Å²) in [4.78, 5) is 11.2. The molecule has 0 aromatic heterocycles. The van der Waals surface area contributed by atoms with Gasteiger partial charge in [-0.15, -0.1) is 0 Å². The van der Waals surface area contributed by atoms with Gasteiger partial charge in [0.05, 0.1) is 4.47 Å². The number of Topliss-reactive ketones (excluding diaryl/α,β-unsaturated/α-hetero) is 1. The van der Waals surface area contributed by atoms with Gasteiger partial charge in [-0.25, -0.2) is 0 Å². The van der Waals surface area contributed by atoms with E-state index in [-0.39, 0.29) is 5.78 Å². The van der Waals surface area contributed by atoms with Crippen molar-refractivity contribution < 1.29 is 9.53 Å². The zero-order valence-electron chi connectivity index (χ0n) is 9.61. The maximum Gasteiger partial charge on any atom is 0.159 e. The minimum Gasteiger partial charge on any atom is -0.456 e. The first-order valence-electron chi connectivity index (χ1n) is 5.30. The fourth-order valence-electron chi connectivity index (χ4n) is 1.43. The Kier molecular flexibility index (Phi) is 4.19. The third-order valence-corrected chi connectivity index (χ3v) is 3.53. The Morgan fingerprint density at radius 2 is 1.72 bits per heavy atom. The van der Waals surface area contributed by atoms with Crippen LogP contribution in [0.2, 0.25) is 0 Å². The number of hydrogen-bond acceptors (Lipinski definition) is 2. The highest BCUT2D eigenvalue weighted by atomic mass is 79.9. The van der Waals surface area contributed by atoms with Gasteiger partial charge in [0, 0.05) is 10.0 Å². The molecule has 0 amide bonds. The van der Waals surface area contributed by atoms with Crippen molar-refractivity contribution >= 4 is 37.6 Å². The summed E-state index contributed by atoms with van der Waals surface area (Å²) in [6, 6.07) is 12.9. The van der Waals surface area contributed by atoms with Gasteiger partial charge in [0.2, 0.25) is 0 Å². The predicted octanol–water partition coefficient (Wildman–Crippen LogP) is 5.21. The van der Waals surface area contributed by atoms with Gasteiger partial charge in [-0.2, -0.15) is 0 Å². The van der Waals surface area contributed by atoms with Crippen molar-refractivity contribution in [1.29, 1.82) is 0 Å². The highest BCUT2D eigenvalue weighted by molar-refractivity contribution is 9.10. The van der Waals surface area contributed by atoms with Crippen molar-refractivity contribution in [3.05, 3.63) is 57.0 Å². The summed E-state index contributed by atoms with van der Waals surface area (Å²) >= 11 is 6.77. The molecule has 2 rings (SSSR count). The summed E-state index contributed by atoms with van der Waals surface area (Å²) in [5.74, 6) is 1.46. The Bertz CT molecular complexity index is 577. The Labute approximate surface area is 122 Å². The van der Waals surface area contributed by atoms with Crippen LogP contribution in [0.25, 0.3) is 0 Å². The quantitative estimate of drug-likeness (QED) is 0.694. The molecule has 2 aromatic carbocycles. The molecular weight excluding hydrogens is 360 g/mol. The van der Waals surface area contributed by atoms with Crippen LogP contribution >= 0.6 is 31.9 Å². The molecule has 92 valence electrons. The topological polar surface area (TPSA) is 26.3 Å². The largest absolute Gasteiger partial charge is 0.456 e. The molecule has 0 spiro atoms. The molecule has 0 saturated heterocycles. The minimum atomic E-state index is 0.0332. The lowest BCUT2D eigenvalue weighted by molar-refractivity contribution is 0.101. The van der Waals surface area contributed by atoms with Crippen LogP contribution in [0.4, 0.5) is 0 Å². The molecule has 0 fully saturated rings. The van der Waals surface area contributed by atoms with E-state index in [1.54, 1.807) is 18.2 Å². The molecule has 4 heteroatoms. The molecule has 0 aliphatic heterocycles. The SMILES string of the molecule is CC(=O)c1ccc(Oc2ccc(Br)cc2)c(Br)c1. The summed E-state index contributed by atoms with van der Waals surface area (Å²) in [6.07, 6.45) is 0. The Morgan fingerprint density at radius 1 is 1.06 bits per heavy atom. The van der Waals surface area contributed by atoms with E-state index in [0.717, 1.165) is 14.7 Å². The number of ketones is 1. The standard InChI is InChI=1S/C14H10Br2O2/c1-9(17)10-2-7-14(13(16)8-10)18-12-5-3-11(15)4-6-12/h2-8H,1H3. The molecule has 0 saturated carbocycles. The Balaban J connectivity index is 2.24. The average Bonchev–Trinajstić information content (AvgIpc) is 2.34. The fourth-order valence-corrected chi connectivity index (χ4v) is 2.16. The van der Waals surface area contributed by atoms with Crippen LogP contribution in [0, 0.1) is 0 Å². The van der Waals surface area contributed by atoms with E-state index in [1.165, 1.54) is 6.92 Å². The summed E-state index contributed by atoms with van der Waals surface area (Å²) < 4.78 is 7.48. The van der Waals surface area contributed by atoms with Gasteiger partial charge in [0.15, 0.2) is 5.78 Å². The molecule has 0 heterocycles. The average molecular weight is 370 g/mol. The minimum absolute atomic E-state index is 0.0332. The zero-order chi connectivity index (χ0) is 13.1. The summed E-state index contributed by atoms with van der Waals surface area (Å²) in [5, 5.41) is 0. The third-order valence-electron chi connectivity index (χ3n) is 2.38. The van der Waals surface area contributed by atoms with Gasteiger partial charge in [0.1, 0.15) is 11.5 Å². The molecule has 0 bridgehead atoms. The number of benzene rings is 2. The molecule has 0 N–H and O–H groups in total. The van der Waals surface area contributed by atoms with Crippen LogP contribution in [-0.4, -0.2) is 5.78 Å². The van der Waals surface area contributed by atoms with Crippen molar-refractivity contribution in [1.82, 2.24) is 0 Å². The van der Waals surface area contributed by atoms with Gasteiger partial charge >= 0.3 is 0 Å². The van der Waals surface area contributed by atoms with E-state index in [9.17, 15) is 4.79 Å². The molecule has 0 atom stereocenters. The second-order valence-electron chi connectivity index (χ2n) is 3.76. The van der Waals surface area contributed by atoms with Gasteiger partial charge < -0.3 is 4.74 Å². The van der Waals surface area contributed by atoms with Gasteiger partial charge in [-0.3, -0.25) is 4.79 Å². The van der Waals surface area contributed by atoms with Crippen LogP contribution < -0.4 is 4.74 Å². The highest BCUT2D eigenvalue weighted by Gasteiger charge is 2.06. The highest BCUT2D eigenvalue weighted by Crippen LogP contribution is 2.31. The van der Waals surface area contributed by atoms with E-state index >= 15 is 0 Å². The maximum absolute atomic E-state index is 11.2. The van der Waals surface area contributed by atoms with E-state index in [1.807, 2.05) is 24.3 Å². The lowest BCUT2D eigenvalue weighted by Crippen LogP contribution is -1.93. The van der Waals surface area contributed by atoms with Crippen molar-refractivity contribution in [3.63, 3.8) is 0 Å². The van der Waals surface area contributed by atoms with Crippen molar-refractivity contribution in [2.24, 2.45) is 0 Å². The number of carbonyl (C=O) groups excluding carboxylic acids is 1. The molecule has 0 aliphatic rings. The molecule has 0 aliphatic carbocycles. The van der Waals surface area contributed by atoms with Crippen molar-refractivity contribution in [2.75, 3.05) is 0 Å². The van der Waals surface area contributed by atoms with Gasteiger partial charge in [0.25, 0.3) is 0 Å². The van der Waals surface area contributed by atoms with Crippen LogP contribution in [-0.2, 0) is 0 Å². The molecule has 2 nitrogen and oxygen atoms in total. The first kappa shape index (κ1) is 13.3.